The molecule has 0 aliphatic carbocycles. The summed E-state index contributed by atoms with van der Waals surface area (Å²) in [6.07, 6.45) is 3.26. The van der Waals surface area contributed by atoms with Crippen molar-refractivity contribution in [3.63, 3.8) is 0 Å². The highest BCUT2D eigenvalue weighted by atomic mass is 16.5. The summed E-state index contributed by atoms with van der Waals surface area (Å²) in [6.45, 7) is 5.36. The zero-order valence-electron chi connectivity index (χ0n) is 17.4. The number of nitrogens with one attached hydrogen (secondary N) is 1. The van der Waals surface area contributed by atoms with Gasteiger partial charge in [0.25, 0.3) is 0 Å². The van der Waals surface area contributed by atoms with Gasteiger partial charge in [-0.25, -0.2) is 0 Å². The van der Waals surface area contributed by atoms with Crippen LogP contribution in [0, 0.1) is 0 Å². The van der Waals surface area contributed by atoms with E-state index >= 15 is 0 Å². The summed E-state index contributed by atoms with van der Waals surface area (Å²) in [5, 5.41) is 2.90. The highest BCUT2D eigenvalue weighted by Gasteiger charge is 2.13. The number of amides is 1. The maximum Gasteiger partial charge on any atom is 0.248 e. The van der Waals surface area contributed by atoms with Crippen LogP contribution in [0.25, 0.3) is 6.08 Å². The molecule has 1 aliphatic rings. The van der Waals surface area contributed by atoms with Gasteiger partial charge in [-0.3, -0.25) is 9.69 Å². The molecular formula is C23H29N3O3. The van der Waals surface area contributed by atoms with Crippen molar-refractivity contribution < 1.29 is 14.3 Å². The molecule has 3 rings (SSSR count). The quantitative estimate of drug-likeness (QED) is 0.730. The van der Waals surface area contributed by atoms with Crippen LogP contribution in [0.3, 0.4) is 0 Å². The lowest BCUT2D eigenvalue weighted by molar-refractivity contribution is -0.111. The Bertz CT molecular complexity index is 841. The van der Waals surface area contributed by atoms with Crippen LogP contribution in [-0.4, -0.2) is 63.2 Å². The third-order valence-corrected chi connectivity index (χ3v) is 5.06. The van der Waals surface area contributed by atoms with Crippen molar-refractivity contribution in [3.05, 3.63) is 59.7 Å². The fraction of sp³-hybridized carbons (Fsp3) is 0.348. The molecule has 1 aliphatic heterocycles. The molecule has 6 heteroatoms. The van der Waals surface area contributed by atoms with Crippen molar-refractivity contribution in [1.82, 2.24) is 9.80 Å². The topological polar surface area (TPSA) is 54.0 Å². The van der Waals surface area contributed by atoms with Crippen LogP contribution in [0.15, 0.2) is 48.5 Å². The SMILES string of the molecule is COc1ccc(/C=C/C(=O)Nc2ccc(CN3CCN(C)CC3)cc2)cc1OC. The molecule has 0 aromatic heterocycles. The number of anilines is 1. The Balaban J connectivity index is 1.53. The van der Waals surface area contributed by atoms with Crippen LogP contribution in [0.5, 0.6) is 11.5 Å². The van der Waals surface area contributed by atoms with Crippen molar-refractivity contribution in [2.45, 2.75) is 6.54 Å². The maximum atomic E-state index is 12.2. The van der Waals surface area contributed by atoms with Crippen LogP contribution in [0.4, 0.5) is 5.69 Å². The van der Waals surface area contributed by atoms with Crippen molar-refractivity contribution in [3.8, 4) is 11.5 Å². The zero-order valence-corrected chi connectivity index (χ0v) is 17.4. The number of likely N-dealkylation sites (N-methyl/N-ethyl adjacent to an activating group) is 1. The average molecular weight is 396 g/mol. The predicted octanol–water partition coefficient (Wildman–Crippen LogP) is 3.10. The summed E-state index contributed by atoms with van der Waals surface area (Å²) in [5.74, 6) is 1.11. The van der Waals surface area contributed by atoms with E-state index < -0.39 is 0 Å². The molecule has 29 heavy (non-hydrogen) atoms. The molecule has 2 aromatic carbocycles. The van der Waals surface area contributed by atoms with Gasteiger partial charge in [0, 0.05) is 44.5 Å². The Labute approximate surface area is 172 Å². The highest BCUT2D eigenvalue weighted by molar-refractivity contribution is 6.01. The summed E-state index contributed by atoms with van der Waals surface area (Å²) in [7, 11) is 5.34. The molecule has 1 saturated heterocycles. The fourth-order valence-electron chi connectivity index (χ4n) is 3.27. The van der Waals surface area contributed by atoms with Crippen molar-refractivity contribution in [2.24, 2.45) is 0 Å². The molecule has 1 amide bonds. The number of methoxy groups -OCH3 is 2. The molecule has 1 fully saturated rings. The minimum Gasteiger partial charge on any atom is -0.493 e. The summed E-state index contributed by atoms with van der Waals surface area (Å²) in [5.41, 5.74) is 2.91. The number of carbonyl (C=O) groups excluding carboxylic acids is 1. The van der Waals surface area contributed by atoms with Crippen LogP contribution in [0.2, 0.25) is 0 Å². The molecule has 154 valence electrons. The predicted molar refractivity (Wildman–Crippen MR) is 116 cm³/mol. The Morgan fingerprint density at radius 1 is 1.00 bits per heavy atom. The van der Waals surface area contributed by atoms with E-state index in [2.05, 4.69) is 34.3 Å². The Morgan fingerprint density at radius 3 is 2.34 bits per heavy atom. The van der Waals surface area contributed by atoms with Gasteiger partial charge >= 0.3 is 0 Å². The van der Waals surface area contributed by atoms with Gasteiger partial charge in [0.15, 0.2) is 11.5 Å². The number of piperazine rings is 1. The number of carbonyl (C=O) groups is 1. The normalized spacial score (nSPS) is 15.4. The van der Waals surface area contributed by atoms with Crippen molar-refractivity contribution >= 4 is 17.7 Å². The second kappa shape index (κ2) is 10.1. The number of hydrogen-bond donors (Lipinski definition) is 1. The van der Waals surface area contributed by atoms with Crippen LogP contribution >= 0.6 is 0 Å². The maximum absolute atomic E-state index is 12.2. The molecular weight excluding hydrogens is 366 g/mol. The number of ether oxygens (including phenoxy) is 2. The Morgan fingerprint density at radius 2 is 1.69 bits per heavy atom. The third kappa shape index (κ3) is 6.07. The van der Waals surface area contributed by atoms with E-state index in [-0.39, 0.29) is 5.91 Å². The second-order valence-corrected chi connectivity index (χ2v) is 7.21. The molecule has 0 saturated carbocycles. The first-order valence-electron chi connectivity index (χ1n) is 9.78. The van der Waals surface area contributed by atoms with Gasteiger partial charge in [-0.2, -0.15) is 0 Å². The Kier molecular flexibility index (Phi) is 7.27. The van der Waals surface area contributed by atoms with Crippen molar-refractivity contribution in [1.29, 1.82) is 0 Å². The van der Waals surface area contributed by atoms with E-state index in [1.165, 1.54) is 11.6 Å². The minimum absolute atomic E-state index is 0.174. The van der Waals surface area contributed by atoms with E-state index in [1.807, 2.05) is 30.3 Å². The van der Waals surface area contributed by atoms with Crippen LogP contribution in [-0.2, 0) is 11.3 Å². The number of hydrogen-bond acceptors (Lipinski definition) is 5. The average Bonchev–Trinajstić information content (AvgIpc) is 2.75. The second-order valence-electron chi connectivity index (χ2n) is 7.21. The number of benzene rings is 2. The first-order chi connectivity index (χ1) is 14.1. The Hall–Kier alpha value is -2.83. The molecule has 0 spiro atoms. The zero-order chi connectivity index (χ0) is 20.6. The number of nitrogens with zero attached hydrogens (tertiary/aromatic N) is 2. The largest absolute Gasteiger partial charge is 0.493 e. The van der Waals surface area contributed by atoms with Gasteiger partial charge in [0.2, 0.25) is 5.91 Å². The highest BCUT2D eigenvalue weighted by Crippen LogP contribution is 2.28. The van der Waals surface area contributed by atoms with Crippen LogP contribution in [0.1, 0.15) is 11.1 Å². The smallest absolute Gasteiger partial charge is 0.248 e. The lowest BCUT2D eigenvalue weighted by Crippen LogP contribution is -2.43. The monoisotopic (exact) mass is 395 g/mol. The van der Waals surface area contributed by atoms with Crippen molar-refractivity contribution in [2.75, 3.05) is 52.8 Å². The summed E-state index contributed by atoms with van der Waals surface area (Å²) < 4.78 is 10.5. The van der Waals surface area contributed by atoms with E-state index in [0.717, 1.165) is 44.0 Å². The molecule has 1 N–H and O–H groups in total. The van der Waals surface area contributed by atoms with E-state index in [1.54, 1.807) is 20.3 Å². The minimum atomic E-state index is -0.174. The van der Waals surface area contributed by atoms with Gasteiger partial charge in [0.05, 0.1) is 14.2 Å². The molecule has 1 heterocycles. The lowest BCUT2D eigenvalue weighted by Gasteiger charge is -2.32. The van der Waals surface area contributed by atoms with Gasteiger partial charge in [-0.05, 0) is 48.5 Å². The number of rotatable bonds is 7. The molecule has 0 radical (unpaired) electrons. The third-order valence-electron chi connectivity index (χ3n) is 5.06. The van der Waals surface area contributed by atoms with Gasteiger partial charge < -0.3 is 19.7 Å². The van der Waals surface area contributed by atoms with Gasteiger partial charge in [0.1, 0.15) is 0 Å². The molecule has 0 atom stereocenters. The van der Waals surface area contributed by atoms with E-state index in [9.17, 15) is 4.79 Å². The van der Waals surface area contributed by atoms with E-state index in [0.29, 0.717) is 11.5 Å². The first kappa shape index (κ1) is 20.9. The first-order valence-corrected chi connectivity index (χ1v) is 9.78. The summed E-state index contributed by atoms with van der Waals surface area (Å²) in [6, 6.07) is 13.6. The molecule has 0 unspecified atom stereocenters. The summed E-state index contributed by atoms with van der Waals surface area (Å²) >= 11 is 0. The van der Waals surface area contributed by atoms with E-state index in [4.69, 9.17) is 9.47 Å². The lowest BCUT2D eigenvalue weighted by atomic mass is 10.1. The molecule has 0 bridgehead atoms. The molecule has 2 aromatic rings. The molecule has 6 nitrogen and oxygen atoms in total. The fourth-order valence-corrected chi connectivity index (χ4v) is 3.27. The van der Waals surface area contributed by atoms with Gasteiger partial charge in [-0.15, -0.1) is 0 Å². The standard InChI is InChI=1S/C23H29N3O3/c1-25-12-14-26(15-13-25)17-19-4-8-20(9-5-19)24-23(27)11-7-18-6-10-21(28-2)22(16-18)29-3/h4-11,16H,12-15,17H2,1-3H3,(H,24,27)/b11-7+. The summed E-state index contributed by atoms with van der Waals surface area (Å²) in [4.78, 5) is 17.0. The van der Waals surface area contributed by atoms with Crippen LogP contribution < -0.4 is 14.8 Å². The van der Waals surface area contributed by atoms with Gasteiger partial charge in [-0.1, -0.05) is 18.2 Å².